The number of aliphatic hydroxyl groups excluding tert-OH is 1. The first-order chi connectivity index (χ1) is 26.1. The Morgan fingerprint density at radius 2 is 1.65 bits per heavy atom. The Morgan fingerprint density at radius 3 is 2.26 bits per heavy atom. The lowest BCUT2D eigenvalue weighted by Crippen LogP contribution is -2.59. The highest BCUT2D eigenvalue weighted by Gasteiger charge is 2.77. The highest BCUT2D eigenvalue weighted by molar-refractivity contribution is 9.09. The van der Waals surface area contributed by atoms with Gasteiger partial charge in [-0.3, -0.25) is 19.2 Å². The molecule has 3 saturated heterocycles. The molecule has 0 saturated carbocycles. The second-order valence-electron chi connectivity index (χ2n) is 14.4. The Balaban J connectivity index is 1.38. The topological polar surface area (TPSA) is 125 Å². The number of nitrogens with zero attached hydrogens (tertiary/aromatic N) is 2. The van der Waals surface area contributed by atoms with Crippen LogP contribution in [0.1, 0.15) is 49.0 Å². The number of hydrogen-bond acceptors (Lipinski definition) is 7. The predicted octanol–water partition coefficient (Wildman–Crippen LogP) is 5.31. The second-order valence-corrected chi connectivity index (χ2v) is 15.6. The fourth-order valence-corrected chi connectivity index (χ4v) is 9.39. The van der Waals surface area contributed by atoms with Crippen LogP contribution in [0, 0.1) is 11.8 Å². The number of fused-ring (bicyclic) bond motifs is 1. The molecule has 3 amide bonds. The fraction of sp³-hybridized carbons (Fsp3) is 0.395. The SMILES string of the molecule is C=CCCC(=O)N[C@@H](C)[C@H](OC(=O)[C@H]1[C@@H]2O[C@@]3(CC2Br)[C@@H]1C(=O)N([C@@H](CO)Cc1ccccc1)[C@@H]3C(=O)N(CC=C)Cc1ccccc1)c1ccccc1. The number of allylic oxidation sites excluding steroid dienone is 1. The van der Waals surface area contributed by atoms with Gasteiger partial charge in [-0.15, -0.1) is 13.2 Å². The van der Waals surface area contributed by atoms with Gasteiger partial charge in [-0.2, -0.15) is 0 Å². The van der Waals surface area contributed by atoms with Crippen LogP contribution in [-0.4, -0.2) is 86.4 Å². The minimum atomic E-state index is -1.39. The van der Waals surface area contributed by atoms with E-state index >= 15 is 9.59 Å². The zero-order chi connectivity index (χ0) is 38.4. The van der Waals surface area contributed by atoms with Gasteiger partial charge in [0.25, 0.3) is 0 Å². The van der Waals surface area contributed by atoms with Crippen molar-refractivity contribution in [1.29, 1.82) is 0 Å². The number of hydrogen-bond donors (Lipinski definition) is 2. The average molecular weight is 799 g/mol. The van der Waals surface area contributed by atoms with Crippen LogP contribution in [-0.2, 0) is 41.6 Å². The van der Waals surface area contributed by atoms with E-state index in [4.69, 9.17) is 9.47 Å². The van der Waals surface area contributed by atoms with Crippen molar-refractivity contribution in [2.24, 2.45) is 11.8 Å². The molecule has 3 aliphatic heterocycles. The van der Waals surface area contributed by atoms with Crippen molar-refractivity contribution in [2.75, 3.05) is 13.2 Å². The minimum absolute atomic E-state index is 0.206. The van der Waals surface area contributed by atoms with E-state index in [1.807, 2.05) is 91.0 Å². The van der Waals surface area contributed by atoms with Gasteiger partial charge in [0, 0.05) is 24.3 Å². The number of amides is 3. The number of aliphatic hydroxyl groups is 1. The van der Waals surface area contributed by atoms with Crippen molar-refractivity contribution in [2.45, 2.75) is 79.9 Å². The van der Waals surface area contributed by atoms with Crippen LogP contribution in [0.4, 0.5) is 0 Å². The molecule has 3 heterocycles. The van der Waals surface area contributed by atoms with Crippen molar-refractivity contribution in [1.82, 2.24) is 15.1 Å². The van der Waals surface area contributed by atoms with E-state index < -0.39 is 66.3 Å². The molecule has 3 fully saturated rings. The Hall–Kier alpha value is -4.58. The molecule has 0 radical (unpaired) electrons. The maximum absolute atomic E-state index is 15.1. The molecule has 1 unspecified atom stereocenters. The molecule has 3 aromatic carbocycles. The normalized spacial score (nSPS) is 25.6. The number of esters is 1. The Labute approximate surface area is 325 Å². The van der Waals surface area contributed by atoms with E-state index in [2.05, 4.69) is 34.4 Å². The summed E-state index contributed by atoms with van der Waals surface area (Å²) in [5, 5.41) is 13.9. The van der Waals surface area contributed by atoms with Gasteiger partial charge < -0.3 is 29.7 Å². The zero-order valence-electron chi connectivity index (χ0n) is 30.5. The van der Waals surface area contributed by atoms with Gasteiger partial charge in [0.05, 0.1) is 36.6 Å². The van der Waals surface area contributed by atoms with Gasteiger partial charge in [0.2, 0.25) is 17.7 Å². The van der Waals surface area contributed by atoms with Gasteiger partial charge in [0.15, 0.2) is 0 Å². The van der Waals surface area contributed by atoms with Crippen LogP contribution in [0.15, 0.2) is 116 Å². The van der Waals surface area contributed by atoms with E-state index in [-0.39, 0.29) is 42.6 Å². The molecule has 284 valence electrons. The summed E-state index contributed by atoms with van der Waals surface area (Å²) in [7, 11) is 0. The van der Waals surface area contributed by atoms with Gasteiger partial charge in [0.1, 0.15) is 17.7 Å². The largest absolute Gasteiger partial charge is 0.455 e. The molecular formula is C43H48BrN3O7. The molecule has 0 aromatic heterocycles. The maximum Gasteiger partial charge on any atom is 0.313 e. The smallest absolute Gasteiger partial charge is 0.313 e. The second kappa shape index (κ2) is 17.3. The van der Waals surface area contributed by atoms with E-state index in [0.29, 0.717) is 18.4 Å². The number of nitrogens with one attached hydrogen (secondary N) is 1. The molecule has 9 atom stereocenters. The number of alkyl halides is 1. The molecule has 6 rings (SSSR count). The van der Waals surface area contributed by atoms with E-state index in [0.717, 1.165) is 11.1 Å². The maximum atomic E-state index is 15.1. The van der Waals surface area contributed by atoms with Crippen molar-refractivity contribution >= 4 is 39.6 Å². The summed E-state index contributed by atoms with van der Waals surface area (Å²) >= 11 is 3.76. The third-order valence-corrected chi connectivity index (χ3v) is 11.7. The van der Waals surface area contributed by atoms with E-state index in [1.165, 1.54) is 4.90 Å². The first kappa shape index (κ1) is 39.1. The average Bonchev–Trinajstić information content (AvgIpc) is 3.78. The first-order valence-electron chi connectivity index (χ1n) is 18.5. The molecule has 3 aliphatic rings. The number of carbonyl (C=O) groups excluding carboxylic acids is 4. The molecule has 54 heavy (non-hydrogen) atoms. The van der Waals surface area contributed by atoms with Crippen LogP contribution in [0.2, 0.25) is 0 Å². The third kappa shape index (κ3) is 7.80. The molecule has 1 spiro atoms. The summed E-state index contributed by atoms with van der Waals surface area (Å²) in [5.41, 5.74) is 1.07. The monoisotopic (exact) mass is 797 g/mol. The molecule has 3 aromatic rings. The van der Waals surface area contributed by atoms with Crippen LogP contribution in [0.5, 0.6) is 0 Å². The molecule has 10 nitrogen and oxygen atoms in total. The lowest BCUT2D eigenvalue weighted by atomic mass is 9.70. The van der Waals surface area contributed by atoms with Crippen molar-refractivity contribution in [3.63, 3.8) is 0 Å². The number of carbonyl (C=O) groups is 4. The highest BCUT2D eigenvalue weighted by Crippen LogP contribution is 2.61. The summed E-state index contributed by atoms with van der Waals surface area (Å²) in [4.78, 5) is 60.2. The van der Waals surface area contributed by atoms with Crippen LogP contribution >= 0.6 is 15.9 Å². The standard InChI is InChI=1S/C43H48BrN3O7/c1-4-6-22-34(49)45-28(3)37(31-20-14-9-15-21-31)53-42(52)35-36-40(50)47(32(27-48)24-29-16-10-7-11-17-29)39(43(36)25-33(44)38(35)54-43)41(51)46(23-5-2)26-30-18-12-8-13-19-30/h4-5,7-21,28,32-33,35-39,48H,1-2,6,22-27H2,3H3,(H,45,49)/t28-,32+,33?,35+,36-,37-,38+,39+,43-/m0/s1. The highest BCUT2D eigenvalue weighted by atomic mass is 79.9. The molecule has 11 heteroatoms. The minimum Gasteiger partial charge on any atom is -0.455 e. The number of ether oxygens (including phenoxy) is 2. The number of likely N-dealkylation sites (tertiary alicyclic amines) is 1. The lowest BCUT2D eigenvalue weighted by molar-refractivity contribution is -0.162. The summed E-state index contributed by atoms with van der Waals surface area (Å²) in [6.45, 7) is 9.42. The number of rotatable bonds is 17. The predicted molar refractivity (Wildman–Crippen MR) is 208 cm³/mol. The number of halogens is 1. The Bertz CT molecular complexity index is 1810. The Morgan fingerprint density at radius 1 is 1.02 bits per heavy atom. The summed E-state index contributed by atoms with van der Waals surface area (Å²) in [5.74, 6) is -3.78. The molecule has 2 bridgehead atoms. The summed E-state index contributed by atoms with van der Waals surface area (Å²) < 4.78 is 13.1. The summed E-state index contributed by atoms with van der Waals surface area (Å²) in [6, 6.07) is 25.7. The van der Waals surface area contributed by atoms with Crippen molar-refractivity contribution < 1.29 is 33.8 Å². The Kier molecular flexibility index (Phi) is 12.5. The van der Waals surface area contributed by atoms with Gasteiger partial charge >= 0.3 is 5.97 Å². The van der Waals surface area contributed by atoms with Gasteiger partial charge in [-0.1, -0.05) is 119 Å². The molecule has 0 aliphatic carbocycles. The van der Waals surface area contributed by atoms with Crippen LogP contribution in [0.25, 0.3) is 0 Å². The van der Waals surface area contributed by atoms with E-state index in [9.17, 15) is 14.7 Å². The third-order valence-electron chi connectivity index (χ3n) is 10.8. The quantitative estimate of drug-likeness (QED) is 0.108. The fourth-order valence-electron chi connectivity index (χ4n) is 8.45. The van der Waals surface area contributed by atoms with Crippen molar-refractivity contribution in [3.05, 3.63) is 133 Å². The van der Waals surface area contributed by atoms with Gasteiger partial charge in [-0.25, -0.2) is 0 Å². The molecular weight excluding hydrogens is 750 g/mol. The first-order valence-corrected chi connectivity index (χ1v) is 19.4. The van der Waals surface area contributed by atoms with E-state index in [1.54, 1.807) is 24.0 Å². The number of benzene rings is 3. The molecule has 2 N–H and O–H groups in total. The van der Waals surface area contributed by atoms with Crippen molar-refractivity contribution in [3.8, 4) is 0 Å². The summed E-state index contributed by atoms with van der Waals surface area (Å²) in [6.07, 6.45) is 2.98. The van der Waals surface area contributed by atoms with Crippen LogP contribution < -0.4 is 5.32 Å². The van der Waals surface area contributed by atoms with Gasteiger partial charge in [-0.05, 0) is 42.9 Å². The van der Waals surface area contributed by atoms with Crippen LogP contribution in [0.3, 0.4) is 0 Å². The zero-order valence-corrected chi connectivity index (χ0v) is 32.1. The lowest BCUT2D eigenvalue weighted by Gasteiger charge is -2.39.